The van der Waals surface area contributed by atoms with Gasteiger partial charge in [-0.3, -0.25) is 9.69 Å². The number of carbonyl (C=O) groups is 1. The number of hydrogen-bond donors (Lipinski definition) is 1. The smallest absolute Gasteiger partial charge is 0.255 e. The van der Waals surface area contributed by atoms with Gasteiger partial charge in [-0.1, -0.05) is 0 Å². The number of phenols is 1. The second-order valence-electron chi connectivity index (χ2n) is 7.31. The van der Waals surface area contributed by atoms with E-state index in [9.17, 15) is 18.7 Å². The molecule has 0 bridgehead atoms. The van der Waals surface area contributed by atoms with E-state index in [0.717, 1.165) is 32.0 Å². The van der Waals surface area contributed by atoms with Crippen LogP contribution in [0.4, 0.5) is 8.78 Å². The monoisotopic (exact) mass is 374 g/mol. The van der Waals surface area contributed by atoms with Crippen LogP contribution in [0.5, 0.6) is 11.5 Å². The Morgan fingerprint density at radius 1 is 1.22 bits per heavy atom. The number of nitrogens with zero attached hydrogens (tertiary/aromatic N) is 2. The van der Waals surface area contributed by atoms with Crippen molar-refractivity contribution >= 4 is 5.78 Å². The quantitative estimate of drug-likeness (QED) is 0.644. The molecule has 7 heteroatoms. The fourth-order valence-corrected chi connectivity index (χ4v) is 4.18. The molecule has 1 saturated heterocycles. The molecule has 0 unspecified atom stereocenters. The first-order valence-electron chi connectivity index (χ1n) is 9.01. The van der Waals surface area contributed by atoms with E-state index >= 15 is 0 Å². The molecule has 1 aliphatic heterocycles. The van der Waals surface area contributed by atoms with Crippen LogP contribution in [-0.4, -0.2) is 46.5 Å². The highest BCUT2D eigenvalue weighted by atomic mass is 19.1. The number of carbonyl (C=O) groups excluding carboxylic acids is 1. The van der Waals surface area contributed by atoms with E-state index in [1.807, 2.05) is 0 Å². The van der Waals surface area contributed by atoms with E-state index in [2.05, 4.69) is 9.88 Å². The summed E-state index contributed by atoms with van der Waals surface area (Å²) in [6.07, 6.45) is 2.98. The number of hydrogen-bond acceptors (Lipinski definition) is 5. The molecule has 142 valence electrons. The van der Waals surface area contributed by atoms with Crippen LogP contribution < -0.4 is 4.74 Å². The summed E-state index contributed by atoms with van der Waals surface area (Å²) in [6.45, 7) is 1.76. The Bertz CT molecular complexity index is 847. The lowest BCUT2D eigenvalue weighted by molar-refractivity contribution is 0.0935. The summed E-state index contributed by atoms with van der Waals surface area (Å²) in [7, 11) is 0. The van der Waals surface area contributed by atoms with Gasteiger partial charge in [0, 0.05) is 24.8 Å². The number of aromatic nitrogens is 1. The van der Waals surface area contributed by atoms with Crippen LogP contribution in [0.1, 0.15) is 23.2 Å². The number of rotatable bonds is 5. The van der Waals surface area contributed by atoms with Gasteiger partial charge < -0.3 is 9.84 Å². The first kappa shape index (κ1) is 17.9. The highest BCUT2D eigenvalue weighted by molar-refractivity contribution is 5.97. The molecule has 0 spiro atoms. The minimum atomic E-state index is -0.790. The van der Waals surface area contributed by atoms with Crippen molar-refractivity contribution < 1.29 is 23.4 Å². The number of ketones is 1. The van der Waals surface area contributed by atoms with Gasteiger partial charge in [0.05, 0.1) is 12.6 Å². The molecule has 1 aromatic heterocycles. The molecule has 2 heterocycles. The molecule has 0 amide bonds. The van der Waals surface area contributed by atoms with Crippen LogP contribution in [0.15, 0.2) is 36.5 Å². The molecule has 1 saturated carbocycles. The lowest BCUT2D eigenvalue weighted by Crippen LogP contribution is -2.30. The summed E-state index contributed by atoms with van der Waals surface area (Å²) in [4.78, 5) is 18.0. The lowest BCUT2D eigenvalue weighted by atomic mass is 10.0. The normalized spacial score (nSPS) is 24.7. The number of halogens is 2. The van der Waals surface area contributed by atoms with Crippen molar-refractivity contribution in [3.8, 4) is 11.5 Å². The Morgan fingerprint density at radius 2 is 1.96 bits per heavy atom. The van der Waals surface area contributed by atoms with Crippen LogP contribution in [0.2, 0.25) is 0 Å². The van der Waals surface area contributed by atoms with Crippen LogP contribution in [-0.2, 0) is 0 Å². The Balaban J connectivity index is 1.31. The molecular weight excluding hydrogens is 354 g/mol. The maximum absolute atomic E-state index is 13.6. The number of likely N-dealkylation sites (tertiary alicyclic amines) is 1. The van der Waals surface area contributed by atoms with Gasteiger partial charge in [-0.25, -0.2) is 9.37 Å². The zero-order chi connectivity index (χ0) is 19.0. The van der Waals surface area contributed by atoms with Crippen molar-refractivity contribution in [1.82, 2.24) is 9.88 Å². The molecule has 2 aliphatic rings. The standard InChI is InChI=1S/C20H20F2N2O3/c21-16-8-12(3-4-17(16)25)18(26)11-24-9-13-6-15(7-14(13)10-24)27-19-2-1-5-23-20(19)22/h1-5,8,13-15,25H,6-7,9-11H2/t13-,14+,15-. The third-order valence-corrected chi connectivity index (χ3v) is 5.44. The maximum atomic E-state index is 13.6. The van der Waals surface area contributed by atoms with Crippen molar-refractivity contribution in [3.05, 3.63) is 53.9 Å². The molecule has 5 nitrogen and oxygen atoms in total. The highest BCUT2D eigenvalue weighted by Gasteiger charge is 2.42. The van der Waals surface area contributed by atoms with E-state index in [-0.39, 0.29) is 29.7 Å². The van der Waals surface area contributed by atoms with E-state index in [1.165, 1.54) is 18.3 Å². The van der Waals surface area contributed by atoms with Crippen LogP contribution in [0, 0.1) is 23.6 Å². The molecule has 4 rings (SSSR count). The topological polar surface area (TPSA) is 62.7 Å². The zero-order valence-corrected chi connectivity index (χ0v) is 14.6. The number of benzene rings is 1. The largest absolute Gasteiger partial charge is 0.505 e. The Labute approximate surface area is 155 Å². The van der Waals surface area contributed by atoms with Gasteiger partial charge in [-0.15, -0.1) is 0 Å². The van der Waals surface area contributed by atoms with Crippen LogP contribution in [0.25, 0.3) is 0 Å². The summed E-state index contributed by atoms with van der Waals surface area (Å²) < 4.78 is 32.8. The Kier molecular flexibility index (Phi) is 4.78. The Morgan fingerprint density at radius 3 is 2.63 bits per heavy atom. The van der Waals surface area contributed by atoms with Crippen molar-refractivity contribution in [3.63, 3.8) is 0 Å². The first-order valence-corrected chi connectivity index (χ1v) is 9.01. The fraction of sp³-hybridized carbons (Fsp3) is 0.400. The summed E-state index contributed by atoms with van der Waals surface area (Å²) in [5.74, 6) is -1.02. The minimum Gasteiger partial charge on any atom is -0.505 e. The molecule has 1 aliphatic carbocycles. The van der Waals surface area contributed by atoms with Crippen molar-refractivity contribution in [2.45, 2.75) is 18.9 Å². The average Bonchev–Trinajstić information content (AvgIpc) is 3.17. The fourth-order valence-electron chi connectivity index (χ4n) is 4.18. The van der Waals surface area contributed by atoms with E-state index in [0.29, 0.717) is 11.8 Å². The first-order chi connectivity index (χ1) is 13.0. The lowest BCUT2D eigenvalue weighted by Gasteiger charge is -2.19. The van der Waals surface area contributed by atoms with Gasteiger partial charge in [0.2, 0.25) is 0 Å². The summed E-state index contributed by atoms with van der Waals surface area (Å²) in [6, 6.07) is 6.93. The van der Waals surface area contributed by atoms with E-state index in [1.54, 1.807) is 12.1 Å². The van der Waals surface area contributed by atoms with Crippen molar-refractivity contribution in [2.24, 2.45) is 11.8 Å². The predicted octanol–water partition coefficient (Wildman–Crippen LogP) is 3.04. The molecule has 27 heavy (non-hydrogen) atoms. The SMILES string of the molecule is O=C(CN1C[C@H]2C[C@@H](Oc3cccnc3F)C[C@H]2C1)c1ccc(O)c(F)c1. The molecule has 2 aromatic rings. The number of pyridine rings is 1. The highest BCUT2D eigenvalue weighted by Crippen LogP contribution is 2.40. The number of fused-ring (bicyclic) bond motifs is 1. The number of Topliss-reactive ketones (excluding diaryl/α,β-unsaturated/α-hetero) is 1. The number of phenolic OH excluding ortho intramolecular Hbond substituents is 1. The summed E-state index contributed by atoms with van der Waals surface area (Å²) in [5, 5.41) is 9.23. The van der Waals surface area contributed by atoms with Crippen LogP contribution in [0.3, 0.4) is 0 Å². The second-order valence-corrected chi connectivity index (χ2v) is 7.31. The van der Waals surface area contributed by atoms with Gasteiger partial charge in [0.15, 0.2) is 23.1 Å². The number of aromatic hydroxyl groups is 1. The minimum absolute atomic E-state index is 0.0391. The van der Waals surface area contributed by atoms with Gasteiger partial charge >= 0.3 is 0 Å². The Hall–Kier alpha value is -2.54. The van der Waals surface area contributed by atoms with Crippen molar-refractivity contribution in [2.75, 3.05) is 19.6 Å². The third-order valence-electron chi connectivity index (χ3n) is 5.44. The van der Waals surface area contributed by atoms with Crippen LogP contribution >= 0.6 is 0 Å². The van der Waals surface area contributed by atoms with Crippen molar-refractivity contribution in [1.29, 1.82) is 0 Å². The average molecular weight is 374 g/mol. The molecule has 3 atom stereocenters. The molecule has 1 aromatic carbocycles. The third kappa shape index (κ3) is 3.78. The predicted molar refractivity (Wildman–Crippen MR) is 93.7 cm³/mol. The van der Waals surface area contributed by atoms with Gasteiger partial charge in [-0.2, -0.15) is 4.39 Å². The number of ether oxygens (including phenoxy) is 1. The molecule has 2 fully saturated rings. The molecule has 0 radical (unpaired) electrons. The van der Waals surface area contributed by atoms with Gasteiger partial charge in [0.1, 0.15) is 0 Å². The van der Waals surface area contributed by atoms with E-state index in [4.69, 9.17) is 4.74 Å². The molecule has 1 N–H and O–H groups in total. The molecular formula is C20H20F2N2O3. The summed E-state index contributed by atoms with van der Waals surface area (Å²) in [5.41, 5.74) is 0.260. The summed E-state index contributed by atoms with van der Waals surface area (Å²) >= 11 is 0. The van der Waals surface area contributed by atoms with Gasteiger partial charge in [0.25, 0.3) is 5.95 Å². The second kappa shape index (κ2) is 7.23. The maximum Gasteiger partial charge on any atom is 0.255 e. The van der Waals surface area contributed by atoms with E-state index < -0.39 is 17.5 Å². The van der Waals surface area contributed by atoms with Gasteiger partial charge in [-0.05, 0) is 55.0 Å². The zero-order valence-electron chi connectivity index (χ0n) is 14.6.